The maximum Gasteiger partial charge on any atom is 0.303 e. The Kier molecular flexibility index (Phi) is 7.48. The number of aliphatic carboxylic acids is 1. The first-order chi connectivity index (χ1) is 18.7. The summed E-state index contributed by atoms with van der Waals surface area (Å²) in [5, 5.41) is 9.37. The van der Waals surface area contributed by atoms with E-state index < -0.39 is 17.6 Å². The van der Waals surface area contributed by atoms with Crippen LogP contribution in [-0.2, 0) is 11.4 Å². The Hall–Kier alpha value is -3.67. The molecule has 1 saturated carbocycles. The summed E-state index contributed by atoms with van der Waals surface area (Å²) >= 11 is 0. The summed E-state index contributed by atoms with van der Waals surface area (Å²) in [6, 6.07) is 15.1. The highest BCUT2D eigenvalue weighted by Crippen LogP contribution is 2.48. The van der Waals surface area contributed by atoms with E-state index in [1.54, 1.807) is 24.3 Å². The Balaban J connectivity index is 1.48. The number of halogens is 2. The van der Waals surface area contributed by atoms with Gasteiger partial charge in [0.25, 0.3) is 0 Å². The molecule has 0 aromatic heterocycles. The molecule has 2 aliphatic carbocycles. The van der Waals surface area contributed by atoms with Crippen molar-refractivity contribution >= 4 is 11.5 Å². The van der Waals surface area contributed by atoms with Crippen molar-refractivity contribution in [2.24, 2.45) is 11.3 Å². The second-order valence-electron chi connectivity index (χ2n) is 11.3. The minimum Gasteiger partial charge on any atom is -0.497 e. The lowest BCUT2D eigenvalue weighted by atomic mass is 9.79. The lowest BCUT2D eigenvalue weighted by Gasteiger charge is -2.26. The Morgan fingerprint density at radius 3 is 2.46 bits per heavy atom. The van der Waals surface area contributed by atoms with Crippen LogP contribution in [-0.4, -0.2) is 18.2 Å². The maximum absolute atomic E-state index is 15.6. The van der Waals surface area contributed by atoms with E-state index in [0.29, 0.717) is 28.5 Å². The molecule has 1 fully saturated rings. The highest BCUT2D eigenvalue weighted by molar-refractivity contribution is 5.85. The molecular weight excluding hydrogens is 498 g/mol. The van der Waals surface area contributed by atoms with Crippen molar-refractivity contribution < 1.29 is 28.2 Å². The van der Waals surface area contributed by atoms with Crippen LogP contribution in [0, 0.1) is 23.0 Å². The molecule has 39 heavy (non-hydrogen) atoms. The molecule has 0 aliphatic heterocycles. The van der Waals surface area contributed by atoms with E-state index >= 15 is 8.78 Å². The number of carbonyl (C=O) groups is 1. The number of carboxylic acid groups (broad SMARTS) is 1. The van der Waals surface area contributed by atoms with Crippen molar-refractivity contribution in [2.75, 3.05) is 7.11 Å². The molecule has 3 aromatic rings. The van der Waals surface area contributed by atoms with Gasteiger partial charge in [-0.1, -0.05) is 32.1 Å². The van der Waals surface area contributed by atoms with Crippen LogP contribution in [0.1, 0.15) is 68.6 Å². The first-order valence-corrected chi connectivity index (χ1v) is 13.5. The molecule has 0 bridgehead atoms. The van der Waals surface area contributed by atoms with E-state index in [1.165, 1.54) is 19.2 Å². The van der Waals surface area contributed by atoms with Crippen molar-refractivity contribution in [3.63, 3.8) is 0 Å². The highest BCUT2D eigenvalue weighted by Gasteiger charge is 2.34. The summed E-state index contributed by atoms with van der Waals surface area (Å²) < 4.78 is 42.0. The van der Waals surface area contributed by atoms with Gasteiger partial charge in [0.1, 0.15) is 29.7 Å². The van der Waals surface area contributed by atoms with Crippen LogP contribution in [0.15, 0.2) is 60.7 Å². The molecule has 0 saturated heterocycles. The molecule has 5 rings (SSSR count). The van der Waals surface area contributed by atoms with Crippen molar-refractivity contribution in [1.29, 1.82) is 0 Å². The van der Waals surface area contributed by atoms with E-state index in [0.717, 1.165) is 42.4 Å². The fraction of sp³-hybridized carbons (Fsp3) is 0.364. The summed E-state index contributed by atoms with van der Waals surface area (Å²) in [6.07, 6.45) is 6.16. The zero-order chi connectivity index (χ0) is 27.7. The number of carboxylic acids is 1. The minimum atomic E-state index is -0.815. The number of hydrogen-bond acceptors (Lipinski definition) is 3. The van der Waals surface area contributed by atoms with Gasteiger partial charge in [-0.25, -0.2) is 8.78 Å². The lowest BCUT2D eigenvalue weighted by molar-refractivity contribution is -0.137. The zero-order valence-corrected chi connectivity index (χ0v) is 22.6. The summed E-state index contributed by atoms with van der Waals surface area (Å²) in [6.45, 7) is 4.29. The van der Waals surface area contributed by atoms with Crippen LogP contribution in [0.4, 0.5) is 8.78 Å². The summed E-state index contributed by atoms with van der Waals surface area (Å²) in [5.41, 5.74) is 3.78. The zero-order valence-electron chi connectivity index (χ0n) is 22.6. The van der Waals surface area contributed by atoms with Crippen LogP contribution in [0.3, 0.4) is 0 Å². The van der Waals surface area contributed by atoms with E-state index in [4.69, 9.17) is 9.47 Å². The second-order valence-corrected chi connectivity index (χ2v) is 11.3. The first-order valence-electron chi connectivity index (χ1n) is 13.5. The number of hydrogen-bond donors (Lipinski definition) is 1. The average Bonchev–Trinajstić information content (AvgIpc) is 3.69. The second kappa shape index (κ2) is 10.8. The van der Waals surface area contributed by atoms with E-state index in [1.807, 2.05) is 18.2 Å². The van der Waals surface area contributed by atoms with E-state index in [-0.39, 0.29) is 29.9 Å². The van der Waals surface area contributed by atoms with Gasteiger partial charge in [0.05, 0.1) is 13.5 Å². The van der Waals surface area contributed by atoms with Crippen LogP contribution < -0.4 is 9.47 Å². The van der Waals surface area contributed by atoms with Crippen LogP contribution in [0.5, 0.6) is 11.5 Å². The lowest BCUT2D eigenvalue weighted by Crippen LogP contribution is -2.11. The average molecular weight is 533 g/mol. The molecule has 3 aromatic carbocycles. The molecule has 0 radical (unpaired) electrons. The minimum absolute atomic E-state index is 0.0100. The molecule has 204 valence electrons. The predicted octanol–water partition coefficient (Wildman–Crippen LogP) is 8.39. The van der Waals surface area contributed by atoms with Gasteiger partial charge in [-0.15, -0.1) is 0 Å². The molecule has 1 unspecified atom stereocenters. The molecule has 0 heterocycles. The van der Waals surface area contributed by atoms with Crippen molar-refractivity contribution in [2.45, 2.75) is 58.5 Å². The third-order valence-corrected chi connectivity index (χ3v) is 8.05. The molecule has 4 nitrogen and oxygen atoms in total. The van der Waals surface area contributed by atoms with Crippen LogP contribution >= 0.6 is 0 Å². The standard InChI is InChI=1S/C33H34F2O4/c1-33(2)13-5-8-29(33)27-15-22(31(35)17-26(27)28-16-23(38-3)11-12-30(28)34)19-39-24-7-4-6-21(14-24)25(18-32(36)37)20-9-10-20/h4,6-8,11-12,14-17,20,25H,5,9-10,13,18-19H2,1-3H3,(H,36,37). The van der Waals surface area contributed by atoms with Gasteiger partial charge in [-0.05, 0) is 108 Å². The number of ether oxygens (including phenoxy) is 2. The van der Waals surface area contributed by atoms with Crippen LogP contribution in [0.2, 0.25) is 0 Å². The predicted molar refractivity (Wildman–Crippen MR) is 148 cm³/mol. The summed E-state index contributed by atoms with van der Waals surface area (Å²) in [7, 11) is 1.52. The number of methoxy groups -OCH3 is 1. The van der Waals surface area contributed by atoms with E-state index in [2.05, 4.69) is 19.9 Å². The van der Waals surface area contributed by atoms with Gasteiger partial charge in [0.2, 0.25) is 0 Å². The third-order valence-electron chi connectivity index (χ3n) is 8.05. The summed E-state index contributed by atoms with van der Waals surface area (Å²) in [5.74, 6) is -0.355. The summed E-state index contributed by atoms with van der Waals surface area (Å²) in [4.78, 5) is 11.4. The molecular formula is C33H34F2O4. The Morgan fingerprint density at radius 2 is 1.79 bits per heavy atom. The SMILES string of the molecule is COc1ccc(F)c(-c2cc(F)c(COc3cccc(C(CC(=O)O)C4CC4)c3)cc2C2=CCCC2(C)C)c1. The van der Waals surface area contributed by atoms with Crippen molar-refractivity contribution in [3.8, 4) is 22.6 Å². The normalized spacial score (nSPS) is 17.0. The topological polar surface area (TPSA) is 55.8 Å². The van der Waals surface area contributed by atoms with Gasteiger partial charge < -0.3 is 14.6 Å². The van der Waals surface area contributed by atoms with Crippen molar-refractivity contribution in [1.82, 2.24) is 0 Å². The quantitative estimate of drug-likeness (QED) is 0.285. The third kappa shape index (κ3) is 5.85. The van der Waals surface area contributed by atoms with Gasteiger partial charge in [0, 0.05) is 11.1 Å². The number of allylic oxidation sites excluding steroid dienone is 2. The van der Waals surface area contributed by atoms with Gasteiger partial charge in [-0.3, -0.25) is 4.79 Å². The smallest absolute Gasteiger partial charge is 0.303 e. The molecule has 1 atom stereocenters. The maximum atomic E-state index is 15.6. The monoisotopic (exact) mass is 532 g/mol. The Bertz CT molecular complexity index is 1420. The molecule has 0 spiro atoms. The highest BCUT2D eigenvalue weighted by atomic mass is 19.1. The Morgan fingerprint density at radius 1 is 1.00 bits per heavy atom. The van der Waals surface area contributed by atoms with E-state index in [9.17, 15) is 9.90 Å². The molecule has 1 N–H and O–H groups in total. The molecule has 6 heteroatoms. The van der Waals surface area contributed by atoms with Crippen molar-refractivity contribution in [3.05, 3.63) is 89.0 Å². The first kappa shape index (κ1) is 26.9. The largest absolute Gasteiger partial charge is 0.497 e. The van der Waals surface area contributed by atoms with Gasteiger partial charge in [0.15, 0.2) is 0 Å². The van der Waals surface area contributed by atoms with Gasteiger partial charge in [-0.2, -0.15) is 0 Å². The fourth-order valence-corrected chi connectivity index (χ4v) is 5.71. The van der Waals surface area contributed by atoms with Crippen LogP contribution in [0.25, 0.3) is 16.7 Å². The Labute approximate surface area is 228 Å². The molecule has 0 amide bonds. The number of rotatable bonds is 10. The van der Waals surface area contributed by atoms with Gasteiger partial charge >= 0.3 is 5.97 Å². The molecule has 2 aliphatic rings. The number of benzene rings is 3. The fourth-order valence-electron chi connectivity index (χ4n) is 5.71.